The van der Waals surface area contributed by atoms with Crippen LogP contribution in [-0.2, 0) is 0 Å². The van der Waals surface area contributed by atoms with Gasteiger partial charge in [0.1, 0.15) is 5.82 Å². The van der Waals surface area contributed by atoms with Crippen molar-refractivity contribution in [3.05, 3.63) is 92.3 Å². The van der Waals surface area contributed by atoms with Gasteiger partial charge in [0.05, 0.1) is 16.6 Å². The maximum absolute atomic E-state index is 13.2. The van der Waals surface area contributed by atoms with Gasteiger partial charge in [-0.3, -0.25) is 9.36 Å². The largest absolute Gasteiger partial charge is 0.268 e. The Morgan fingerprint density at radius 1 is 0.880 bits per heavy atom. The van der Waals surface area contributed by atoms with Crippen molar-refractivity contribution in [2.45, 2.75) is 6.92 Å². The summed E-state index contributed by atoms with van der Waals surface area (Å²) in [6, 6.07) is 23.4. The highest BCUT2D eigenvalue weighted by atomic mass is 127. The van der Waals surface area contributed by atoms with Crippen molar-refractivity contribution >= 4 is 33.5 Å². The van der Waals surface area contributed by atoms with E-state index in [1.165, 1.54) is 0 Å². The van der Waals surface area contributed by atoms with Crippen LogP contribution in [0.25, 0.3) is 28.0 Å². The molecule has 1 heterocycles. The molecule has 3 aromatic carbocycles. The van der Waals surface area contributed by atoms with Gasteiger partial charge in [0.2, 0.25) is 0 Å². The van der Waals surface area contributed by atoms with Crippen molar-refractivity contribution in [3.63, 3.8) is 0 Å². The summed E-state index contributed by atoms with van der Waals surface area (Å²) in [6.07, 6.45) is 0. The van der Waals surface area contributed by atoms with Gasteiger partial charge in [0.15, 0.2) is 0 Å². The number of nitrogens with zero attached hydrogens (tertiary/aromatic N) is 2. The fraction of sp³-hybridized carbons (Fsp3) is 0.0476. The van der Waals surface area contributed by atoms with Gasteiger partial charge in [-0.15, -0.1) is 0 Å². The first-order chi connectivity index (χ1) is 12.1. The van der Waals surface area contributed by atoms with E-state index in [4.69, 9.17) is 4.98 Å². The molecule has 122 valence electrons. The van der Waals surface area contributed by atoms with Crippen LogP contribution in [0, 0.1) is 10.5 Å². The number of aromatic nitrogens is 2. The highest BCUT2D eigenvalue weighted by Gasteiger charge is 2.15. The Morgan fingerprint density at radius 3 is 2.32 bits per heavy atom. The third-order valence-corrected chi connectivity index (χ3v) is 5.12. The number of benzene rings is 3. The fourth-order valence-electron chi connectivity index (χ4n) is 2.89. The van der Waals surface area contributed by atoms with Gasteiger partial charge in [0.25, 0.3) is 5.56 Å². The molecule has 0 saturated heterocycles. The molecule has 0 N–H and O–H groups in total. The zero-order valence-corrected chi connectivity index (χ0v) is 15.8. The van der Waals surface area contributed by atoms with Crippen LogP contribution in [-0.4, -0.2) is 9.55 Å². The molecule has 4 aromatic rings. The summed E-state index contributed by atoms with van der Waals surface area (Å²) in [5.41, 5.74) is 3.59. The van der Waals surface area contributed by atoms with Crippen LogP contribution in [0.1, 0.15) is 5.56 Å². The topological polar surface area (TPSA) is 34.9 Å². The zero-order valence-electron chi connectivity index (χ0n) is 13.6. The maximum atomic E-state index is 13.2. The minimum Gasteiger partial charge on any atom is -0.268 e. The number of rotatable bonds is 2. The summed E-state index contributed by atoms with van der Waals surface area (Å²) in [5.74, 6) is 0.664. The molecule has 0 aliphatic rings. The molecule has 3 nitrogen and oxygen atoms in total. The van der Waals surface area contributed by atoms with Crippen LogP contribution in [0.3, 0.4) is 0 Å². The summed E-state index contributed by atoms with van der Waals surface area (Å²) in [4.78, 5) is 18.1. The molecule has 4 heteroatoms. The van der Waals surface area contributed by atoms with Gasteiger partial charge in [-0.2, -0.15) is 0 Å². The molecule has 0 saturated carbocycles. The Hall–Kier alpha value is -2.47. The average Bonchev–Trinajstić information content (AvgIpc) is 2.63. The lowest BCUT2D eigenvalue weighted by atomic mass is 10.1. The Bertz CT molecular complexity index is 1130. The van der Waals surface area contributed by atoms with E-state index < -0.39 is 0 Å². The molecule has 25 heavy (non-hydrogen) atoms. The SMILES string of the molecule is Cc1ccc(-n2c(-c3ccccc3I)nc3ccccc3c2=O)cc1. The molecule has 0 aliphatic carbocycles. The molecular formula is C21H15IN2O. The molecule has 0 atom stereocenters. The molecule has 0 unspecified atom stereocenters. The van der Waals surface area contributed by atoms with Crippen LogP contribution in [0.4, 0.5) is 0 Å². The van der Waals surface area contributed by atoms with Crippen LogP contribution in [0.15, 0.2) is 77.6 Å². The average molecular weight is 438 g/mol. The number of hydrogen-bond acceptors (Lipinski definition) is 2. The van der Waals surface area contributed by atoms with Crippen molar-refractivity contribution < 1.29 is 0 Å². The number of halogens is 1. The number of aryl methyl sites for hydroxylation is 1. The molecule has 0 amide bonds. The van der Waals surface area contributed by atoms with E-state index in [0.29, 0.717) is 16.7 Å². The van der Waals surface area contributed by atoms with Crippen LogP contribution in [0.5, 0.6) is 0 Å². The predicted molar refractivity (Wildman–Crippen MR) is 110 cm³/mol. The molecule has 0 bridgehead atoms. The van der Waals surface area contributed by atoms with E-state index in [9.17, 15) is 4.79 Å². The van der Waals surface area contributed by atoms with Gasteiger partial charge in [-0.1, -0.05) is 48.0 Å². The minimum atomic E-state index is -0.0518. The third kappa shape index (κ3) is 2.87. The minimum absolute atomic E-state index is 0.0518. The molecule has 1 aromatic heterocycles. The summed E-state index contributed by atoms with van der Waals surface area (Å²) >= 11 is 2.29. The predicted octanol–water partition coefficient (Wildman–Crippen LogP) is 4.97. The first-order valence-corrected chi connectivity index (χ1v) is 9.07. The maximum Gasteiger partial charge on any atom is 0.266 e. The summed E-state index contributed by atoms with van der Waals surface area (Å²) in [6.45, 7) is 2.03. The van der Waals surface area contributed by atoms with Crippen LogP contribution in [0.2, 0.25) is 0 Å². The molecule has 0 aliphatic heterocycles. The first-order valence-electron chi connectivity index (χ1n) is 7.99. The Balaban J connectivity index is 2.13. The van der Waals surface area contributed by atoms with Gasteiger partial charge in [0, 0.05) is 9.13 Å². The van der Waals surface area contributed by atoms with Crippen LogP contribution < -0.4 is 5.56 Å². The lowest BCUT2D eigenvalue weighted by Gasteiger charge is -2.15. The van der Waals surface area contributed by atoms with Crippen molar-refractivity contribution in [1.82, 2.24) is 9.55 Å². The van der Waals surface area contributed by atoms with E-state index in [1.54, 1.807) is 4.57 Å². The lowest BCUT2D eigenvalue weighted by molar-refractivity contribution is 0.973. The number of para-hydroxylation sites is 1. The van der Waals surface area contributed by atoms with Crippen molar-refractivity contribution in [1.29, 1.82) is 0 Å². The van der Waals surface area contributed by atoms with Gasteiger partial charge in [-0.25, -0.2) is 4.98 Å². The van der Waals surface area contributed by atoms with Crippen LogP contribution >= 0.6 is 22.6 Å². The molecule has 4 rings (SSSR count). The number of fused-ring (bicyclic) bond motifs is 1. The van der Waals surface area contributed by atoms with E-state index in [2.05, 4.69) is 22.6 Å². The second-order valence-electron chi connectivity index (χ2n) is 5.91. The standard InChI is InChI=1S/C21H15IN2O/c1-14-10-12-15(13-11-14)24-20(16-6-2-4-8-18(16)22)23-19-9-5-3-7-17(19)21(24)25/h2-13H,1H3. The molecule has 0 radical (unpaired) electrons. The Kier molecular flexibility index (Phi) is 4.13. The molecule has 0 spiro atoms. The van der Waals surface area contributed by atoms with Crippen molar-refractivity contribution in [2.75, 3.05) is 0 Å². The fourth-order valence-corrected chi connectivity index (χ4v) is 3.52. The monoisotopic (exact) mass is 438 g/mol. The highest BCUT2D eigenvalue weighted by Crippen LogP contribution is 2.26. The second-order valence-corrected chi connectivity index (χ2v) is 7.07. The van der Waals surface area contributed by atoms with Gasteiger partial charge in [-0.05, 0) is 59.8 Å². The normalized spacial score (nSPS) is 11.0. The van der Waals surface area contributed by atoms with Gasteiger partial charge >= 0.3 is 0 Å². The smallest absolute Gasteiger partial charge is 0.266 e. The zero-order chi connectivity index (χ0) is 17.4. The lowest BCUT2D eigenvalue weighted by Crippen LogP contribution is -2.22. The first kappa shape index (κ1) is 16.0. The molecular weight excluding hydrogens is 423 g/mol. The van der Waals surface area contributed by atoms with Gasteiger partial charge < -0.3 is 0 Å². The summed E-state index contributed by atoms with van der Waals surface area (Å²) in [5, 5.41) is 0.623. The Labute approximate surface area is 159 Å². The Morgan fingerprint density at radius 2 is 1.56 bits per heavy atom. The second kappa shape index (κ2) is 6.44. The summed E-state index contributed by atoms with van der Waals surface area (Å²) in [7, 11) is 0. The van der Waals surface area contributed by atoms with E-state index in [-0.39, 0.29) is 5.56 Å². The molecule has 0 fully saturated rings. The van der Waals surface area contributed by atoms with E-state index in [1.807, 2.05) is 79.7 Å². The van der Waals surface area contributed by atoms with Crippen molar-refractivity contribution in [2.24, 2.45) is 0 Å². The third-order valence-electron chi connectivity index (χ3n) is 4.18. The highest BCUT2D eigenvalue weighted by molar-refractivity contribution is 14.1. The van der Waals surface area contributed by atoms with E-state index >= 15 is 0 Å². The number of hydrogen-bond donors (Lipinski definition) is 0. The van der Waals surface area contributed by atoms with E-state index in [0.717, 1.165) is 20.4 Å². The summed E-state index contributed by atoms with van der Waals surface area (Å²) < 4.78 is 2.77. The quantitative estimate of drug-likeness (QED) is 0.415. The van der Waals surface area contributed by atoms with Crippen molar-refractivity contribution in [3.8, 4) is 17.1 Å².